The van der Waals surface area contributed by atoms with Gasteiger partial charge in [0.25, 0.3) is 0 Å². The van der Waals surface area contributed by atoms with E-state index in [0.29, 0.717) is 0 Å². The molecule has 3 aromatic rings. The summed E-state index contributed by atoms with van der Waals surface area (Å²) >= 11 is 3.29. The molecule has 0 radical (unpaired) electrons. The molecule has 0 aromatic carbocycles. The molecule has 4 heterocycles. The van der Waals surface area contributed by atoms with Crippen LogP contribution >= 0.6 is 22.7 Å². The van der Waals surface area contributed by atoms with Crippen LogP contribution in [0.5, 0.6) is 0 Å². The van der Waals surface area contributed by atoms with Gasteiger partial charge in [-0.1, -0.05) is 6.07 Å². The zero-order valence-corrected chi connectivity index (χ0v) is 15.9. The van der Waals surface area contributed by atoms with Crippen LogP contribution in [-0.2, 0) is 0 Å². The molecule has 1 aliphatic heterocycles. The lowest BCUT2D eigenvalue weighted by molar-refractivity contribution is 0.312. The van der Waals surface area contributed by atoms with Crippen LogP contribution in [0.25, 0.3) is 10.6 Å². The molecular formula is C17H20N6S2. The van der Waals surface area contributed by atoms with Gasteiger partial charge in [0, 0.05) is 37.6 Å². The predicted molar refractivity (Wildman–Crippen MR) is 105 cm³/mol. The third-order valence-electron chi connectivity index (χ3n) is 4.16. The van der Waals surface area contributed by atoms with Crippen molar-refractivity contribution < 1.29 is 0 Å². The number of thiazole rings is 1. The Morgan fingerprint density at radius 3 is 2.68 bits per heavy atom. The zero-order valence-electron chi connectivity index (χ0n) is 14.3. The number of anilines is 3. The Labute approximate surface area is 155 Å². The van der Waals surface area contributed by atoms with Crippen LogP contribution < -0.4 is 10.2 Å². The summed E-state index contributed by atoms with van der Waals surface area (Å²) in [6.07, 6.45) is 0. The number of aromatic nitrogens is 3. The molecule has 130 valence electrons. The van der Waals surface area contributed by atoms with Gasteiger partial charge in [0.2, 0.25) is 0 Å². The second-order valence-corrected chi connectivity index (χ2v) is 7.89. The Kier molecular flexibility index (Phi) is 4.65. The van der Waals surface area contributed by atoms with Gasteiger partial charge in [0.05, 0.1) is 10.6 Å². The highest BCUT2D eigenvalue weighted by molar-refractivity contribution is 7.16. The molecule has 1 N–H and O–H groups in total. The number of likely N-dealkylation sites (N-methyl/N-ethyl adjacent to an activating group) is 1. The fourth-order valence-electron chi connectivity index (χ4n) is 2.79. The molecule has 1 aliphatic rings. The van der Waals surface area contributed by atoms with Gasteiger partial charge in [0.1, 0.15) is 17.5 Å². The molecule has 0 amide bonds. The van der Waals surface area contributed by atoms with E-state index in [1.54, 1.807) is 22.7 Å². The maximum absolute atomic E-state index is 4.67. The first-order valence-corrected chi connectivity index (χ1v) is 9.99. The van der Waals surface area contributed by atoms with Crippen LogP contribution in [0.15, 0.2) is 29.0 Å². The minimum atomic E-state index is 0.772. The molecule has 0 bridgehead atoms. The number of piperazine rings is 1. The molecule has 0 aliphatic carbocycles. The van der Waals surface area contributed by atoms with Gasteiger partial charge in [-0.25, -0.2) is 15.0 Å². The number of hydrogen-bond donors (Lipinski definition) is 1. The fraction of sp³-hybridized carbons (Fsp3) is 0.353. The summed E-state index contributed by atoms with van der Waals surface area (Å²) in [6.45, 7) is 6.03. The van der Waals surface area contributed by atoms with Gasteiger partial charge < -0.3 is 15.1 Å². The first kappa shape index (κ1) is 16.4. The van der Waals surface area contributed by atoms with Crippen LogP contribution in [0, 0.1) is 6.92 Å². The van der Waals surface area contributed by atoms with E-state index in [9.17, 15) is 0 Å². The van der Waals surface area contributed by atoms with E-state index in [-0.39, 0.29) is 0 Å². The molecule has 4 rings (SSSR count). The lowest BCUT2D eigenvalue weighted by Crippen LogP contribution is -2.44. The molecule has 1 saturated heterocycles. The summed E-state index contributed by atoms with van der Waals surface area (Å²) in [5.41, 5.74) is 1.01. The lowest BCUT2D eigenvalue weighted by Gasteiger charge is -2.33. The van der Waals surface area contributed by atoms with Crippen molar-refractivity contribution in [3.05, 3.63) is 34.8 Å². The van der Waals surface area contributed by atoms with E-state index in [0.717, 1.165) is 54.5 Å². The van der Waals surface area contributed by atoms with E-state index < -0.39 is 0 Å². The topological polar surface area (TPSA) is 57.2 Å². The van der Waals surface area contributed by atoms with Gasteiger partial charge in [0.15, 0.2) is 5.13 Å². The average molecular weight is 373 g/mol. The average Bonchev–Trinajstić information content (AvgIpc) is 3.26. The standard InChI is InChI=1S/C17H20N6S2/c1-12-18-15(10-16(19-12)23-7-5-22(2)6-8-23)21-17-20-13(11-25-17)14-4-3-9-24-14/h3-4,9-11H,5-8H2,1-2H3,(H,18,19,20,21). The van der Waals surface area contributed by atoms with Crippen LogP contribution in [0.3, 0.4) is 0 Å². The van der Waals surface area contributed by atoms with E-state index in [4.69, 9.17) is 0 Å². The van der Waals surface area contributed by atoms with E-state index >= 15 is 0 Å². The van der Waals surface area contributed by atoms with Crippen molar-refractivity contribution in [2.24, 2.45) is 0 Å². The Bertz CT molecular complexity index is 837. The second kappa shape index (κ2) is 7.07. The first-order valence-electron chi connectivity index (χ1n) is 8.23. The lowest BCUT2D eigenvalue weighted by atomic mass is 10.3. The number of thiophene rings is 1. The van der Waals surface area contributed by atoms with Crippen LogP contribution in [0.2, 0.25) is 0 Å². The molecular weight excluding hydrogens is 352 g/mol. The van der Waals surface area contributed by atoms with Crippen molar-refractivity contribution in [1.82, 2.24) is 19.9 Å². The SMILES string of the molecule is Cc1nc(Nc2nc(-c3cccs3)cs2)cc(N2CCN(C)CC2)n1. The largest absolute Gasteiger partial charge is 0.354 e. The Morgan fingerprint density at radius 1 is 1.08 bits per heavy atom. The van der Waals surface area contributed by atoms with Crippen LogP contribution in [0.1, 0.15) is 5.82 Å². The van der Waals surface area contributed by atoms with Crippen molar-refractivity contribution in [2.45, 2.75) is 6.92 Å². The number of rotatable bonds is 4. The van der Waals surface area contributed by atoms with Gasteiger partial charge in [-0.3, -0.25) is 0 Å². The van der Waals surface area contributed by atoms with E-state index in [2.05, 4.69) is 53.9 Å². The minimum absolute atomic E-state index is 0.772. The Balaban J connectivity index is 1.52. The van der Waals surface area contributed by atoms with Crippen molar-refractivity contribution in [3.63, 3.8) is 0 Å². The molecule has 0 saturated carbocycles. The minimum Gasteiger partial charge on any atom is -0.354 e. The summed E-state index contributed by atoms with van der Waals surface area (Å²) in [6, 6.07) is 6.15. The third kappa shape index (κ3) is 3.81. The maximum Gasteiger partial charge on any atom is 0.188 e. The molecule has 25 heavy (non-hydrogen) atoms. The number of nitrogens with zero attached hydrogens (tertiary/aromatic N) is 5. The van der Waals surface area contributed by atoms with Gasteiger partial charge in [-0.05, 0) is 25.4 Å². The molecule has 0 spiro atoms. The highest BCUT2D eigenvalue weighted by atomic mass is 32.1. The van der Waals surface area contributed by atoms with Crippen LogP contribution in [0.4, 0.5) is 16.8 Å². The number of hydrogen-bond acceptors (Lipinski definition) is 8. The Hall–Kier alpha value is -2.03. The summed E-state index contributed by atoms with van der Waals surface area (Å²) in [7, 11) is 2.16. The van der Waals surface area contributed by atoms with Gasteiger partial charge >= 0.3 is 0 Å². The van der Waals surface area contributed by atoms with E-state index in [1.165, 1.54) is 4.88 Å². The first-order chi connectivity index (χ1) is 12.2. The molecule has 0 atom stereocenters. The molecule has 8 heteroatoms. The number of nitrogens with one attached hydrogen (secondary N) is 1. The smallest absolute Gasteiger partial charge is 0.188 e. The van der Waals surface area contributed by atoms with Crippen molar-refractivity contribution >= 4 is 39.4 Å². The molecule has 1 fully saturated rings. The predicted octanol–water partition coefficient (Wildman–Crippen LogP) is 3.47. The zero-order chi connectivity index (χ0) is 17.2. The third-order valence-corrected chi connectivity index (χ3v) is 5.81. The fourth-order valence-corrected chi connectivity index (χ4v) is 4.27. The monoisotopic (exact) mass is 372 g/mol. The molecule has 0 unspecified atom stereocenters. The van der Waals surface area contributed by atoms with Gasteiger partial charge in [-0.15, -0.1) is 22.7 Å². The normalized spacial score (nSPS) is 15.5. The van der Waals surface area contributed by atoms with Gasteiger partial charge in [-0.2, -0.15) is 0 Å². The van der Waals surface area contributed by atoms with Crippen LogP contribution in [-0.4, -0.2) is 53.1 Å². The highest BCUT2D eigenvalue weighted by Gasteiger charge is 2.17. The summed E-state index contributed by atoms with van der Waals surface area (Å²) < 4.78 is 0. The quantitative estimate of drug-likeness (QED) is 0.757. The van der Waals surface area contributed by atoms with Crippen molar-refractivity contribution in [1.29, 1.82) is 0 Å². The molecule has 6 nitrogen and oxygen atoms in total. The van der Waals surface area contributed by atoms with E-state index in [1.807, 2.05) is 19.1 Å². The summed E-state index contributed by atoms with van der Waals surface area (Å²) in [5, 5.41) is 8.33. The number of aryl methyl sites for hydroxylation is 1. The molecule has 3 aromatic heterocycles. The Morgan fingerprint density at radius 2 is 1.92 bits per heavy atom. The summed E-state index contributed by atoms with van der Waals surface area (Å²) in [5.74, 6) is 2.56. The summed E-state index contributed by atoms with van der Waals surface area (Å²) in [4.78, 5) is 19.6. The highest BCUT2D eigenvalue weighted by Crippen LogP contribution is 2.30. The second-order valence-electron chi connectivity index (χ2n) is 6.09. The maximum atomic E-state index is 4.67. The van der Waals surface area contributed by atoms with Crippen molar-refractivity contribution in [2.75, 3.05) is 43.4 Å². The van der Waals surface area contributed by atoms with Crippen molar-refractivity contribution in [3.8, 4) is 10.6 Å².